The predicted octanol–water partition coefficient (Wildman–Crippen LogP) is 6.40. The number of nitrogens with two attached hydrogens (primary N) is 1. The van der Waals surface area contributed by atoms with Gasteiger partial charge in [-0.3, -0.25) is 4.98 Å². The Labute approximate surface area is 179 Å². The van der Waals surface area contributed by atoms with Crippen LogP contribution < -0.4 is 5.73 Å². The summed E-state index contributed by atoms with van der Waals surface area (Å²) in [5.41, 5.74) is 13.1. The van der Waals surface area contributed by atoms with Crippen LogP contribution in [0.15, 0.2) is 54.7 Å². The van der Waals surface area contributed by atoms with Crippen LogP contribution in [0, 0.1) is 13.8 Å². The van der Waals surface area contributed by atoms with Gasteiger partial charge < -0.3 is 5.73 Å². The van der Waals surface area contributed by atoms with E-state index in [9.17, 15) is 0 Å². The van der Waals surface area contributed by atoms with E-state index < -0.39 is 0 Å². The number of aromatic nitrogens is 2. The fraction of sp³-hybridized carbons (Fsp3) is 0.296. The second-order valence-corrected chi connectivity index (χ2v) is 8.24. The highest BCUT2D eigenvalue weighted by Gasteiger charge is 2.09. The van der Waals surface area contributed by atoms with Crippen molar-refractivity contribution in [3.63, 3.8) is 0 Å². The number of hydrogen-bond donors (Lipinski definition) is 1. The lowest BCUT2D eigenvalue weighted by Crippen LogP contribution is -1.98. The van der Waals surface area contributed by atoms with Gasteiger partial charge in [0.15, 0.2) is 5.82 Å². The number of nitrogens with zero attached hydrogens (tertiary/aromatic N) is 2. The Kier molecular flexibility index (Phi) is 6.27. The minimum atomic E-state index is 0.500. The van der Waals surface area contributed by atoms with Crippen LogP contribution in [0.1, 0.15) is 47.9 Å². The molecule has 0 amide bonds. The van der Waals surface area contributed by atoms with E-state index in [1.165, 1.54) is 41.5 Å². The van der Waals surface area contributed by atoms with Gasteiger partial charge in [0.05, 0.1) is 5.52 Å². The van der Waals surface area contributed by atoms with Crippen LogP contribution in [-0.2, 0) is 19.3 Å². The Morgan fingerprint density at radius 2 is 1.53 bits per heavy atom. The van der Waals surface area contributed by atoms with Crippen molar-refractivity contribution in [1.82, 2.24) is 9.97 Å². The number of aryl methyl sites for hydroxylation is 4. The van der Waals surface area contributed by atoms with Gasteiger partial charge in [-0.2, -0.15) is 0 Å². The van der Waals surface area contributed by atoms with Crippen molar-refractivity contribution in [1.29, 1.82) is 0 Å². The van der Waals surface area contributed by atoms with Gasteiger partial charge in [-0.1, -0.05) is 62.6 Å². The molecule has 30 heavy (non-hydrogen) atoms. The second-order valence-electron chi connectivity index (χ2n) is 8.24. The smallest absolute Gasteiger partial charge is 0.150 e. The molecule has 2 aromatic heterocycles. The van der Waals surface area contributed by atoms with Crippen molar-refractivity contribution in [2.75, 3.05) is 5.73 Å². The lowest BCUT2D eigenvalue weighted by Gasteiger charge is -2.09. The molecule has 3 nitrogen and oxygen atoms in total. The molecule has 2 aromatic carbocycles. The summed E-state index contributed by atoms with van der Waals surface area (Å²) in [5, 5.41) is 2.20. The maximum atomic E-state index is 6.18. The van der Waals surface area contributed by atoms with Crippen LogP contribution in [0.5, 0.6) is 0 Å². The van der Waals surface area contributed by atoms with Crippen LogP contribution in [-0.4, -0.2) is 9.97 Å². The van der Waals surface area contributed by atoms with E-state index in [4.69, 9.17) is 5.73 Å². The predicted molar refractivity (Wildman–Crippen MR) is 128 cm³/mol. The topological polar surface area (TPSA) is 51.8 Å². The number of nitrogen functional groups attached to an aromatic ring is 1. The van der Waals surface area contributed by atoms with E-state index in [2.05, 4.69) is 72.3 Å². The maximum Gasteiger partial charge on any atom is 0.150 e. The Morgan fingerprint density at radius 1 is 0.800 bits per heavy atom. The quantitative estimate of drug-likeness (QED) is 0.277. The van der Waals surface area contributed by atoms with Gasteiger partial charge in [-0.15, -0.1) is 0 Å². The van der Waals surface area contributed by atoms with Crippen molar-refractivity contribution < 1.29 is 0 Å². The van der Waals surface area contributed by atoms with Gasteiger partial charge in [0.25, 0.3) is 0 Å². The molecule has 0 saturated carbocycles. The Bertz CT molecular complexity index is 1150. The first kappa shape index (κ1) is 20.3. The van der Waals surface area contributed by atoms with Crippen LogP contribution in [0.25, 0.3) is 21.8 Å². The van der Waals surface area contributed by atoms with Crippen molar-refractivity contribution in [2.45, 2.75) is 51.9 Å². The first-order valence-corrected chi connectivity index (χ1v) is 11.0. The third-order valence-corrected chi connectivity index (χ3v) is 5.81. The number of rotatable bonds is 8. The molecule has 0 aliphatic rings. The zero-order chi connectivity index (χ0) is 20.9. The minimum Gasteiger partial charge on any atom is -0.382 e. The van der Waals surface area contributed by atoms with Crippen molar-refractivity contribution in [3.05, 3.63) is 83.9 Å². The normalized spacial score (nSPS) is 11.4. The summed E-state index contributed by atoms with van der Waals surface area (Å²) in [5.74, 6) is 0.500. The molecule has 0 fully saturated rings. The summed E-state index contributed by atoms with van der Waals surface area (Å²) in [6, 6.07) is 17.7. The van der Waals surface area contributed by atoms with Crippen molar-refractivity contribution in [3.8, 4) is 0 Å². The Hall–Kier alpha value is -2.94. The zero-order valence-electron chi connectivity index (χ0n) is 17.8. The van der Waals surface area contributed by atoms with Crippen LogP contribution in [0.2, 0.25) is 0 Å². The van der Waals surface area contributed by atoms with E-state index >= 15 is 0 Å². The van der Waals surface area contributed by atoms with E-state index in [0.29, 0.717) is 5.82 Å². The first-order chi connectivity index (χ1) is 14.6. The maximum absolute atomic E-state index is 6.18. The molecule has 3 heteroatoms. The molecule has 2 N–H and O–H groups in total. The molecule has 0 aliphatic heterocycles. The summed E-state index contributed by atoms with van der Waals surface area (Å²) >= 11 is 0. The van der Waals surface area contributed by atoms with Crippen molar-refractivity contribution in [2.24, 2.45) is 0 Å². The molecule has 0 spiro atoms. The van der Waals surface area contributed by atoms with Crippen LogP contribution >= 0.6 is 0 Å². The first-order valence-electron chi connectivity index (χ1n) is 11.0. The van der Waals surface area contributed by atoms with Gasteiger partial charge >= 0.3 is 0 Å². The SMILES string of the molecule is [CH2]CCCCCc1ccc(CCc2cnc3c(N)nc4cc(C)ccc4c3c2)cc1. The van der Waals surface area contributed by atoms with Gasteiger partial charge in [-0.25, -0.2) is 4.98 Å². The molecule has 0 aliphatic carbocycles. The van der Waals surface area contributed by atoms with Gasteiger partial charge in [0, 0.05) is 17.0 Å². The summed E-state index contributed by atoms with van der Waals surface area (Å²) in [6.07, 6.45) is 9.87. The zero-order valence-corrected chi connectivity index (χ0v) is 17.8. The molecule has 0 atom stereocenters. The Morgan fingerprint density at radius 3 is 2.30 bits per heavy atom. The van der Waals surface area contributed by atoms with Crippen molar-refractivity contribution >= 4 is 27.6 Å². The highest BCUT2D eigenvalue weighted by molar-refractivity contribution is 6.08. The highest BCUT2D eigenvalue weighted by Crippen LogP contribution is 2.28. The molecule has 2 heterocycles. The monoisotopic (exact) mass is 396 g/mol. The molecule has 1 radical (unpaired) electrons. The highest BCUT2D eigenvalue weighted by atomic mass is 14.9. The Balaban J connectivity index is 1.48. The van der Waals surface area contributed by atoms with Crippen LogP contribution in [0.3, 0.4) is 0 Å². The number of anilines is 1. The second kappa shape index (κ2) is 9.25. The summed E-state index contributed by atoms with van der Waals surface area (Å²) in [6.45, 7) is 5.99. The van der Waals surface area contributed by atoms with E-state index in [1.54, 1.807) is 0 Å². The number of benzene rings is 2. The van der Waals surface area contributed by atoms with Gasteiger partial charge in [0.2, 0.25) is 0 Å². The number of hydrogen-bond acceptors (Lipinski definition) is 3. The van der Waals surface area contributed by atoms with E-state index in [0.717, 1.165) is 47.5 Å². The molecule has 4 aromatic rings. The summed E-state index contributed by atoms with van der Waals surface area (Å²) in [7, 11) is 0. The third-order valence-electron chi connectivity index (χ3n) is 5.81. The summed E-state index contributed by atoms with van der Waals surface area (Å²) in [4.78, 5) is 9.18. The van der Waals surface area contributed by atoms with Gasteiger partial charge in [0.1, 0.15) is 5.52 Å². The van der Waals surface area contributed by atoms with E-state index in [-0.39, 0.29) is 0 Å². The van der Waals surface area contributed by atoms with Gasteiger partial charge in [-0.05, 0) is 67.0 Å². The molecule has 0 unspecified atom stereocenters. The molecule has 153 valence electrons. The average molecular weight is 397 g/mol. The molecule has 0 bridgehead atoms. The number of unbranched alkanes of at least 4 members (excludes halogenated alkanes) is 3. The average Bonchev–Trinajstić information content (AvgIpc) is 2.76. The van der Waals surface area contributed by atoms with E-state index in [1.807, 2.05) is 6.20 Å². The van der Waals surface area contributed by atoms with Crippen LogP contribution in [0.4, 0.5) is 5.82 Å². The third kappa shape index (κ3) is 4.62. The summed E-state index contributed by atoms with van der Waals surface area (Å²) < 4.78 is 0. The minimum absolute atomic E-state index is 0.500. The fourth-order valence-corrected chi connectivity index (χ4v) is 4.04. The lowest BCUT2D eigenvalue weighted by atomic mass is 10.00. The molecular formula is C27H30N3. The lowest BCUT2D eigenvalue weighted by molar-refractivity contribution is 0.686. The molecular weight excluding hydrogens is 366 g/mol. The molecule has 4 rings (SSSR count). The number of pyridine rings is 2. The standard InChI is InChI=1S/C27H30N3/c1-3-4-5-6-7-20-9-11-21(12-10-20)13-14-22-17-24-23-15-8-19(2)16-25(23)30-27(28)26(24)29-18-22/h8-12,15-18H,1,3-7,13-14H2,2H3,(H2,28,30). The fourth-order valence-electron chi connectivity index (χ4n) is 4.04. The largest absolute Gasteiger partial charge is 0.382 e. The molecule has 0 saturated heterocycles. The number of fused-ring (bicyclic) bond motifs is 3.